The summed E-state index contributed by atoms with van der Waals surface area (Å²) in [6.45, 7) is 2.90. The van der Waals surface area contributed by atoms with Gasteiger partial charge in [0.1, 0.15) is 5.75 Å². The van der Waals surface area contributed by atoms with E-state index in [4.69, 9.17) is 11.2 Å². The maximum atomic E-state index is 5.44. The first-order valence-electron chi connectivity index (χ1n) is 5.00. The van der Waals surface area contributed by atoms with Crippen molar-refractivity contribution in [2.45, 2.75) is 19.8 Å². The standard InChI is InChI=1S/C13H14O/c1-3-10(2)8-11-4-5-13-12(9-11)6-7-14-13/h1,4-5,9-10H,6-8H2,2H3. The smallest absolute Gasteiger partial charge is 0.122 e. The fourth-order valence-corrected chi connectivity index (χ4v) is 1.78. The maximum Gasteiger partial charge on any atom is 0.122 e. The van der Waals surface area contributed by atoms with Crippen LogP contribution < -0.4 is 4.74 Å². The minimum atomic E-state index is 0.315. The van der Waals surface area contributed by atoms with Crippen molar-refractivity contribution >= 4 is 0 Å². The molecular formula is C13H14O. The summed E-state index contributed by atoms with van der Waals surface area (Å²) in [5, 5.41) is 0. The highest BCUT2D eigenvalue weighted by Crippen LogP contribution is 2.26. The molecule has 1 aliphatic rings. The van der Waals surface area contributed by atoms with Crippen molar-refractivity contribution in [3.05, 3.63) is 29.3 Å². The van der Waals surface area contributed by atoms with Gasteiger partial charge in [-0.15, -0.1) is 12.3 Å². The summed E-state index contributed by atoms with van der Waals surface area (Å²) in [7, 11) is 0. The molecule has 1 aromatic carbocycles. The second-order valence-electron chi connectivity index (χ2n) is 3.81. The number of hydrogen-bond acceptors (Lipinski definition) is 1. The number of rotatable bonds is 2. The van der Waals surface area contributed by atoms with E-state index in [0.29, 0.717) is 5.92 Å². The summed E-state index contributed by atoms with van der Waals surface area (Å²) in [6.07, 6.45) is 7.36. The summed E-state index contributed by atoms with van der Waals surface area (Å²) >= 11 is 0. The van der Waals surface area contributed by atoms with Crippen molar-refractivity contribution < 1.29 is 4.74 Å². The molecule has 0 saturated carbocycles. The Hall–Kier alpha value is -1.42. The van der Waals surface area contributed by atoms with Crippen LogP contribution in [0.5, 0.6) is 5.75 Å². The van der Waals surface area contributed by atoms with E-state index >= 15 is 0 Å². The molecule has 1 aliphatic heterocycles. The van der Waals surface area contributed by atoms with Crippen LogP contribution >= 0.6 is 0 Å². The highest BCUT2D eigenvalue weighted by Gasteiger charge is 2.12. The summed E-state index contributed by atoms with van der Waals surface area (Å²) in [4.78, 5) is 0. The number of fused-ring (bicyclic) bond motifs is 1. The van der Waals surface area contributed by atoms with Crippen LogP contribution in [0, 0.1) is 18.3 Å². The molecule has 1 heteroatoms. The molecule has 1 unspecified atom stereocenters. The van der Waals surface area contributed by atoms with Crippen LogP contribution in [0.2, 0.25) is 0 Å². The van der Waals surface area contributed by atoms with Crippen LogP contribution in [0.4, 0.5) is 0 Å². The average Bonchev–Trinajstić information content (AvgIpc) is 2.64. The Kier molecular flexibility index (Phi) is 2.45. The molecule has 0 bridgehead atoms. The molecule has 0 amide bonds. The molecule has 1 atom stereocenters. The van der Waals surface area contributed by atoms with Crippen LogP contribution in [0.3, 0.4) is 0 Å². The highest BCUT2D eigenvalue weighted by molar-refractivity contribution is 5.40. The van der Waals surface area contributed by atoms with Gasteiger partial charge in [-0.3, -0.25) is 0 Å². The van der Waals surface area contributed by atoms with Crippen LogP contribution in [0.25, 0.3) is 0 Å². The third-order valence-electron chi connectivity index (χ3n) is 2.58. The highest BCUT2D eigenvalue weighted by atomic mass is 16.5. The maximum absolute atomic E-state index is 5.44. The fourth-order valence-electron chi connectivity index (χ4n) is 1.78. The van der Waals surface area contributed by atoms with Crippen LogP contribution in [0.15, 0.2) is 18.2 Å². The van der Waals surface area contributed by atoms with Gasteiger partial charge in [0.05, 0.1) is 6.61 Å². The molecule has 0 radical (unpaired) electrons. The molecule has 72 valence electrons. The molecule has 0 N–H and O–H groups in total. The zero-order chi connectivity index (χ0) is 9.97. The largest absolute Gasteiger partial charge is 0.493 e. The first-order valence-corrected chi connectivity index (χ1v) is 5.00. The van der Waals surface area contributed by atoms with Crippen LogP contribution in [0.1, 0.15) is 18.1 Å². The molecule has 0 spiro atoms. The van der Waals surface area contributed by atoms with Crippen molar-refractivity contribution in [2.24, 2.45) is 5.92 Å². The van der Waals surface area contributed by atoms with Gasteiger partial charge in [-0.25, -0.2) is 0 Å². The van der Waals surface area contributed by atoms with E-state index in [1.165, 1.54) is 11.1 Å². The van der Waals surface area contributed by atoms with Gasteiger partial charge in [0.15, 0.2) is 0 Å². The molecule has 0 aliphatic carbocycles. The van der Waals surface area contributed by atoms with Crippen molar-refractivity contribution in [3.63, 3.8) is 0 Å². The molecule has 1 aromatic rings. The number of terminal acetylenes is 1. The molecule has 0 aromatic heterocycles. The van der Waals surface area contributed by atoms with E-state index in [-0.39, 0.29) is 0 Å². The molecule has 1 nitrogen and oxygen atoms in total. The first-order chi connectivity index (χ1) is 6.79. The van der Waals surface area contributed by atoms with Gasteiger partial charge >= 0.3 is 0 Å². The van der Waals surface area contributed by atoms with Gasteiger partial charge < -0.3 is 4.74 Å². The third kappa shape index (κ3) is 1.75. The van der Waals surface area contributed by atoms with Gasteiger partial charge in [0.2, 0.25) is 0 Å². The SMILES string of the molecule is C#CC(C)Cc1ccc2c(c1)CCO2. The average molecular weight is 186 g/mol. The van der Waals surface area contributed by atoms with E-state index in [1.807, 2.05) is 0 Å². The van der Waals surface area contributed by atoms with Crippen molar-refractivity contribution in [3.8, 4) is 18.1 Å². The van der Waals surface area contributed by atoms with Gasteiger partial charge in [0.25, 0.3) is 0 Å². The minimum Gasteiger partial charge on any atom is -0.493 e. The van der Waals surface area contributed by atoms with E-state index in [0.717, 1.165) is 25.2 Å². The first kappa shape index (κ1) is 9.15. The predicted octanol–water partition coefficient (Wildman–Crippen LogP) is 2.43. The number of hydrogen-bond donors (Lipinski definition) is 0. The van der Waals surface area contributed by atoms with Crippen molar-refractivity contribution in [1.29, 1.82) is 0 Å². The summed E-state index contributed by atoms with van der Waals surface area (Å²) in [5.74, 6) is 4.11. The molecule has 0 fully saturated rings. The zero-order valence-corrected chi connectivity index (χ0v) is 8.42. The van der Waals surface area contributed by atoms with E-state index in [1.54, 1.807) is 0 Å². The Balaban J connectivity index is 2.17. The predicted molar refractivity (Wildman–Crippen MR) is 57.3 cm³/mol. The number of ether oxygens (including phenoxy) is 1. The third-order valence-corrected chi connectivity index (χ3v) is 2.58. The topological polar surface area (TPSA) is 9.23 Å². The summed E-state index contributed by atoms with van der Waals surface area (Å²) in [6, 6.07) is 6.38. The van der Waals surface area contributed by atoms with Crippen LogP contribution in [-0.4, -0.2) is 6.61 Å². The van der Waals surface area contributed by atoms with Gasteiger partial charge in [-0.2, -0.15) is 0 Å². The van der Waals surface area contributed by atoms with E-state index in [2.05, 4.69) is 31.0 Å². The lowest BCUT2D eigenvalue weighted by Gasteiger charge is -2.05. The molecule has 1 heterocycles. The molecule has 14 heavy (non-hydrogen) atoms. The van der Waals surface area contributed by atoms with Crippen LogP contribution in [-0.2, 0) is 12.8 Å². The Labute approximate surface area is 85.1 Å². The molecule has 0 saturated heterocycles. The number of benzene rings is 1. The quantitative estimate of drug-likeness (QED) is 0.644. The van der Waals surface area contributed by atoms with E-state index < -0.39 is 0 Å². The Morgan fingerprint density at radius 1 is 1.57 bits per heavy atom. The normalized spacial score (nSPS) is 15.4. The van der Waals surface area contributed by atoms with Gasteiger partial charge in [-0.1, -0.05) is 19.1 Å². The Morgan fingerprint density at radius 2 is 2.43 bits per heavy atom. The zero-order valence-electron chi connectivity index (χ0n) is 8.42. The second kappa shape index (κ2) is 3.75. The lowest BCUT2D eigenvalue weighted by Crippen LogP contribution is -1.96. The summed E-state index contributed by atoms with van der Waals surface area (Å²) in [5.41, 5.74) is 2.64. The van der Waals surface area contributed by atoms with Crippen molar-refractivity contribution in [2.75, 3.05) is 6.61 Å². The summed E-state index contributed by atoms with van der Waals surface area (Å²) < 4.78 is 5.44. The van der Waals surface area contributed by atoms with E-state index in [9.17, 15) is 0 Å². The van der Waals surface area contributed by atoms with Crippen molar-refractivity contribution in [1.82, 2.24) is 0 Å². The Morgan fingerprint density at radius 3 is 3.21 bits per heavy atom. The van der Waals surface area contributed by atoms with Gasteiger partial charge in [-0.05, 0) is 23.6 Å². The monoisotopic (exact) mass is 186 g/mol. The lowest BCUT2D eigenvalue weighted by molar-refractivity contribution is 0.357. The molecule has 2 rings (SSSR count). The molecular weight excluding hydrogens is 172 g/mol. The van der Waals surface area contributed by atoms with Gasteiger partial charge in [0, 0.05) is 12.3 Å². The fraction of sp³-hybridized carbons (Fsp3) is 0.385. The lowest BCUT2D eigenvalue weighted by atomic mass is 9.99. The Bertz CT molecular complexity index is 373. The second-order valence-corrected chi connectivity index (χ2v) is 3.81. The minimum absolute atomic E-state index is 0.315.